The molecule has 0 aromatic heterocycles. The maximum atomic E-state index is 12.8. The zero-order valence-corrected chi connectivity index (χ0v) is 12.4. The zero-order chi connectivity index (χ0) is 14.3. The van der Waals surface area contributed by atoms with Gasteiger partial charge < -0.3 is 10.5 Å². The maximum absolute atomic E-state index is 12.8. The third-order valence-electron chi connectivity index (χ3n) is 3.90. The zero-order valence-electron chi connectivity index (χ0n) is 11.6. The van der Waals surface area contributed by atoms with Crippen LogP contribution in [0.5, 0.6) is 5.75 Å². The first-order valence-electron chi connectivity index (χ1n) is 6.97. The molecule has 0 amide bonds. The van der Waals surface area contributed by atoms with Crippen LogP contribution in [0.2, 0.25) is 0 Å². The predicted octanol–water partition coefficient (Wildman–Crippen LogP) is 1.84. The molecule has 0 atom stereocenters. The van der Waals surface area contributed by atoms with Crippen molar-refractivity contribution in [3.63, 3.8) is 0 Å². The Kier molecular flexibility index (Phi) is 3.38. The summed E-state index contributed by atoms with van der Waals surface area (Å²) in [7, 11) is -1.93. The molecular weight excluding hydrogens is 276 g/mol. The topological polar surface area (TPSA) is 72.6 Å². The van der Waals surface area contributed by atoms with E-state index in [2.05, 4.69) is 0 Å². The van der Waals surface area contributed by atoms with Crippen LogP contribution in [0.15, 0.2) is 23.1 Å². The Balaban J connectivity index is 1.90. The lowest BCUT2D eigenvalue weighted by atomic mass is 10.3. The number of anilines is 1. The molecule has 0 bridgehead atoms. The van der Waals surface area contributed by atoms with E-state index in [0.717, 1.165) is 25.7 Å². The monoisotopic (exact) mass is 296 g/mol. The minimum Gasteiger partial charge on any atom is -0.495 e. The molecule has 110 valence electrons. The first kappa shape index (κ1) is 13.7. The van der Waals surface area contributed by atoms with Gasteiger partial charge in [-0.05, 0) is 49.8 Å². The summed E-state index contributed by atoms with van der Waals surface area (Å²) in [5, 5.41) is 0. The Morgan fingerprint density at radius 1 is 1.30 bits per heavy atom. The number of benzene rings is 1. The van der Waals surface area contributed by atoms with Crippen molar-refractivity contribution in [1.82, 2.24) is 4.31 Å². The van der Waals surface area contributed by atoms with Crippen molar-refractivity contribution >= 4 is 15.7 Å². The first-order valence-corrected chi connectivity index (χ1v) is 8.41. The van der Waals surface area contributed by atoms with Crippen LogP contribution in [0.1, 0.15) is 25.7 Å². The van der Waals surface area contributed by atoms with Gasteiger partial charge in [-0.3, -0.25) is 0 Å². The quantitative estimate of drug-likeness (QED) is 0.813. The fraction of sp³-hybridized carbons (Fsp3) is 0.571. The number of methoxy groups -OCH3 is 1. The highest BCUT2D eigenvalue weighted by Gasteiger charge is 2.41. The lowest BCUT2D eigenvalue weighted by molar-refractivity contribution is 0.388. The van der Waals surface area contributed by atoms with Crippen molar-refractivity contribution < 1.29 is 13.2 Å². The highest BCUT2D eigenvalue weighted by molar-refractivity contribution is 7.89. The van der Waals surface area contributed by atoms with E-state index in [0.29, 0.717) is 23.9 Å². The van der Waals surface area contributed by atoms with Crippen LogP contribution in [-0.4, -0.2) is 32.4 Å². The molecule has 2 fully saturated rings. The van der Waals surface area contributed by atoms with Gasteiger partial charge in [-0.15, -0.1) is 0 Å². The number of nitrogens with two attached hydrogens (primary N) is 1. The van der Waals surface area contributed by atoms with Gasteiger partial charge in [-0.2, -0.15) is 4.31 Å². The van der Waals surface area contributed by atoms with E-state index in [1.54, 1.807) is 16.4 Å². The van der Waals surface area contributed by atoms with Gasteiger partial charge in [0.2, 0.25) is 10.0 Å². The lowest BCUT2D eigenvalue weighted by Gasteiger charge is -2.22. The molecule has 2 N–H and O–H groups in total. The van der Waals surface area contributed by atoms with Gasteiger partial charge in [0.05, 0.1) is 17.7 Å². The molecule has 0 radical (unpaired) electrons. The number of hydrogen-bond donors (Lipinski definition) is 1. The normalized spacial score (nSPS) is 19.3. The fourth-order valence-corrected chi connectivity index (χ4v) is 4.17. The summed E-state index contributed by atoms with van der Waals surface area (Å²) < 4.78 is 32.3. The van der Waals surface area contributed by atoms with Crippen LogP contribution in [0.25, 0.3) is 0 Å². The third kappa shape index (κ3) is 2.62. The van der Waals surface area contributed by atoms with Gasteiger partial charge in [-0.25, -0.2) is 8.42 Å². The summed E-state index contributed by atoms with van der Waals surface area (Å²) >= 11 is 0. The fourth-order valence-electron chi connectivity index (χ4n) is 2.37. The molecule has 2 aliphatic rings. The van der Waals surface area contributed by atoms with Crippen molar-refractivity contribution in [2.75, 3.05) is 19.4 Å². The van der Waals surface area contributed by atoms with Gasteiger partial charge >= 0.3 is 0 Å². The van der Waals surface area contributed by atoms with Crippen molar-refractivity contribution in [1.29, 1.82) is 0 Å². The molecule has 0 heterocycles. The molecule has 2 aliphatic carbocycles. The van der Waals surface area contributed by atoms with Gasteiger partial charge in [0, 0.05) is 12.6 Å². The summed E-state index contributed by atoms with van der Waals surface area (Å²) in [4.78, 5) is 0.267. The number of rotatable bonds is 6. The van der Waals surface area contributed by atoms with Crippen LogP contribution >= 0.6 is 0 Å². The molecule has 1 aromatic rings. The summed E-state index contributed by atoms with van der Waals surface area (Å²) in [6.45, 7) is 0.652. The Morgan fingerprint density at radius 2 is 2.00 bits per heavy atom. The number of hydrogen-bond acceptors (Lipinski definition) is 4. The smallest absolute Gasteiger partial charge is 0.243 e. The second-order valence-corrected chi connectivity index (χ2v) is 7.54. The molecule has 0 unspecified atom stereocenters. The van der Waals surface area contributed by atoms with Crippen LogP contribution in [-0.2, 0) is 10.0 Å². The van der Waals surface area contributed by atoms with E-state index in [-0.39, 0.29) is 10.9 Å². The van der Waals surface area contributed by atoms with Gasteiger partial charge in [0.25, 0.3) is 0 Å². The minimum absolute atomic E-state index is 0.184. The summed E-state index contributed by atoms with van der Waals surface area (Å²) in [5.41, 5.74) is 6.18. The molecule has 0 aliphatic heterocycles. The Labute approximate surface area is 119 Å². The highest BCUT2D eigenvalue weighted by atomic mass is 32.2. The molecule has 20 heavy (non-hydrogen) atoms. The predicted molar refractivity (Wildman–Crippen MR) is 77.0 cm³/mol. The molecule has 0 spiro atoms. The number of nitrogens with zero attached hydrogens (tertiary/aromatic N) is 1. The van der Waals surface area contributed by atoms with Gasteiger partial charge in [0.15, 0.2) is 0 Å². The standard InChI is InChI=1S/C14H20N2O3S/c1-19-14-7-6-12(8-13(14)15)20(17,18)16(11-4-5-11)9-10-2-3-10/h6-8,10-11H,2-5,9,15H2,1H3. The summed E-state index contributed by atoms with van der Waals surface area (Å²) in [6, 6.07) is 4.87. The maximum Gasteiger partial charge on any atom is 0.243 e. The average Bonchev–Trinajstić information content (AvgIpc) is 3.27. The van der Waals surface area contributed by atoms with Gasteiger partial charge in [-0.1, -0.05) is 0 Å². The second-order valence-electron chi connectivity index (χ2n) is 5.65. The van der Waals surface area contributed by atoms with E-state index < -0.39 is 10.0 Å². The van der Waals surface area contributed by atoms with Crippen molar-refractivity contribution in [2.45, 2.75) is 36.6 Å². The van der Waals surface area contributed by atoms with E-state index >= 15 is 0 Å². The van der Waals surface area contributed by atoms with Crippen molar-refractivity contribution in [3.05, 3.63) is 18.2 Å². The van der Waals surface area contributed by atoms with Crippen LogP contribution in [0.3, 0.4) is 0 Å². The molecule has 1 aromatic carbocycles. The number of nitrogen functional groups attached to an aromatic ring is 1. The minimum atomic E-state index is -3.44. The third-order valence-corrected chi connectivity index (χ3v) is 5.81. The van der Waals surface area contributed by atoms with E-state index in [9.17, 15) is 8.42 Å². The van der Waals surface area contributed by atoms with Crippen LogP contribution < -0.4 is 10.5 Å². The van der Waals surface area contributed by atoms with Crippen molar-refractivity contribution in [2.24, 2.45) is 5.92 Å². The highest BCUT2D eigenvalue weighted by Crippen LogP contribution is 2.38. The lowest BCUT2D eigenvalue weighted by Crippen LogP contribution is -2.35. The molecular formula is C14H20N2O3S. The Hall–Kier alpha value is -1.27. The van der Waals surface area contributed by atoms with Crippen LogP contribution in [0.4, 0.5) is 5.69 Å². The number of ether oxygens (including phenoxy) is 1. The van der Waals surface area contributed by atoms with Gasteiger partial charge in [0.1, 0.15) is 5.75 Å². The van der Waals surface area contributed by atoms with E-state index in [1.165, 1.54) is 13.2 Å². The summed E-state index contributed by atoms with van der Waals surface area (Å²) in [5.74, 6) is 1.05. The molecule has 2 saturated carbocycles. The molecule has 0 saturated heterocycles. The largest absolute Gasteiger partial charge is 0.495 e. The average molecular weight is 296 g/mol. The summed E-state index contributed by atoms with van der Waals surface area (Å²) in [6.07, 6.45) is 4.22. The Morgan fingerprint density at radius 3 is 2.50 bits per heavy atom. The molecule has 3 rings (SSSR count). The van der Waals surface area contributed by atoms with E-state index in [1.807, 2.05) is 0 Å². The number of sulfonamides is 1. The van der Waals surface area contributed by atoms with E-state index in [4.69, 9.17) is 10.5 Å². The molecule has 5 nitrogen and oxygen atoms in total. The van der Waals surface area contributed by atoms with Crippen LogP contribution in [0, 0.1) is 5.92 Å². The van der Waals surface area contributed by atoms with Crippen molar-refractivity contribution in [3.8, 4) is 5.75 Å². The first-order chi connectivity index (χ1) is 9.52. The SMILES string of the molecule is COc1ccc(S(=O)(=O)N(CC2CC2)C2CC2)cc1N. The second kappa shape index (κ2) is 4.93. The Bertz CT molecular complexity index is 607. The molecule has 6 heteroatoms.